The molecule has 23 heteroatoms. The lowest BCUT2D eigenvalue weighted by Crippen LogP contribution is -2.26. The fourth-order valence-electron chi connectivity index (χ4n) is 5.99. The van der Waals surface area contributed by atoms with Gasteiger partial charge in [-0.15, -0.1) is 20.4 Å². The molecule has 1 unspecified atom stereocenters. The highest BCUT2D eigenvalue weighted by Gasteiger charge is 2.38. The summed E-state index contributed by atoms with van der Waals surface area (Å²) in [5.74, 6) is -0.637. The van der Waals surface area contributed by atoms with E-state index < -0.39 is 57.1 Å². The molecular weight excluding hydrogens is 773 g/mol. The van der Waals surface area contributed by atoms with Gasteiger partial charge in [0.1, 0.15) is 35.2 Å². The molecule has 2 fully saturated rings. The zero-order chi connectivity index (χ0) is 39.8. The van der Waals surface area contributed by atoms with Gasteiger partial charge in [-0.25, -0.2) is 22.9 Å². The van der Waals surface area contributed by atoms with Crippen LogP contribution >= 0.6 is 7.82 Å². The van der Waals surface area contributed by atoms with Gasteiger partial charge in [0.2, 0.25) is 11.6 Å². The molecule has 2 aromatic carbocycles. The molecule has 2 saturated heterocycles. The first kappa shape index (κ1) is 37.3. The highest BCUT2D eigenvalue weighted by atomic mass is 31.2. The minimum absolute atomic E-state index is 0.119. The predicted octanol–water partition coefficient (Wildman–Crippen LogP) is 3.95. The van der Waals surface area contributed by atoms with Crippen LogP contribution < -0.4 is 9.80 Å². The Balaban J connectivity index is 0.820. The quantitative estimate of drug-likeness (QED) is 0.173. The maximum absolute atomic E-state index is 15.2. The number of halogens is 2. The van der Waals surface area contributed by atoms with Crippen molar-refractivity contribution in [2.75, 3.05) is 36.1 Å². The molecule has 0 spiro atoms. The van der Waals surface area contributed by atoms with Gasteiger partial charge in [0.05, 0.1) is 51.8 Å². The van der Waals surface area contributed by atoms with Crippen LogP contribution in [0.25, 0.3) is 45.3 Å². The van der Waals surface area contributed by atoms with Crippen molar-refractivity contribution in [1.82, 2.24) is 50.4 Å². The molecule has 1 N–H and O–H groups in total. The van der Waals surface area contributed by atoms with Gasteiger partial charge in [0.15, 0.2) is 0 Å². The Morgan fingerprint density at radius 1 is 0.719 bits per heavy atom. The molecule has 0 saturated carbocycles. The van der Waals surface area contributed by atoms with E-state index in [2.05, 4.69) is 40.8 Å². The molecule has 2 aliphatic rings. The van der Waals surface area contributed by atoms with Crippen LogP contribution in [0.5, 0.6) is 0 Å². The molecule has 6 heterocycles. The number of tetrazole rings is 2. The summed E-state index contributed by atoms with van der Waals surface area (Å²) in [7, 11) is -1.50. The number of hydrogen-bond donors (Lipinski definition) is 1. The Bertz CT molecular complexity index is 2350. The molecule has 2 amide bonds. The normalized spacial score (nSPS) is 17.8. The van der Waals surface area contributed by atoms with E-state index in [0.717, 1.165) is 21.9 Å². The number of hydrogen-bond acceptors (Lipinski definition) is 15. The summed E-state index contributed by atoms with van der Waals surface area (Å²) in [6, 6.07) is 14.9. The number of pyridine rings is 2. The standard InChI is InChI=1S/C34H29F2N12O8P/c1-45-41-31(39-43-45)29-9-3-19(13-37-29)25-7-5-21(11-27(25)35)47-15-23(55-33(47)49)17-53-57(51,52)54-18-24-16-48(34(50)56-24)22-6-8-26(28(36)12-22)20-4-10-30(38-14-20)32-40-44-46(2)42-32/h3-14,23-24H,15-18H2,1-2H3,(H,51,52)/t23-,24+. The molecule has 0 bridgehead atoms. The topological polar surface area (TPSA) is 228 Å². The van der Waals surface area contributed by atoms with E-state index >= 15 is 8.78 Å². The molecule has 8 rings (SSSR count). The van der Waals surface area contributed by atoms with Gasteiger partial charge in [-0.2, -0.15) is 9.59 Å². The van der Waals surface area contributed by atoms with Gasteiger partial charge in [-0.1, -0.05) is 12.1 Å². The number of benzene rings is 2. The first-order valence-electron chi connectivity index (χ1n) is 17.0. The van der Waals surface area contributed by atoms with Crippen LogP contribution in [0.3, 0.4) is 0 Å². The van der Waals surface area contributed by atoms with Crippen molar-refractivity contribution in [2.45, 2.75) is 12.2 Å². The third kappa shape index (κ3) is 8.05. The highest BCUT2D eigenvalue weighted by molar-refractivity contribution is 7.47. The number of carbonyl (C=O) groups is 2. The van der Waals surface area contributed by atoms with E-state index in [9.17, 15) is 19.0 Å². The summed E-state index contributed by atoms with van der Waals surface area (Å²) in [5.41, 5.74) is 2.68. The Kier molecular flexibility index (Phi) is 9.92. The molecule has 292 valence electrons. The zero-order valence-electron chi connectivity index (χ0n) is 29.8. The highest BCUT2D eigenvalue weighted by Crippen LogP contribution is 2.44. The number of aromatic nitrogens is 10. The SMILES string of the molecule is Cn1nnc(-c2ccc(-c3ccc(N4C[C@@H](COP(=O)(O)OC[C@H]5CN(c6ccc(-c7ccc(-c8nnn(C)n8)nc7)c(F)c6)C(=O)O5)OC4=O)cc3F)cn2)n1. The van der Waals surface area contributed by atoms with Crippen LogP contribution in [0.1, 0.15) is 0 Å². The number of nitrogens with zero attached hydrogens (tertiary/aromatic N) is 12. The van der Waals surface area contributed by atoms with E-state index in [1.807, 2.05) is 0 Å². The van der Waals surface area contributed by atoms with Crippen molar-refractivity contribution in [2.24, 2.45) is 14.1 Å². The smallest absolute Gasteiger partial charge is 0.441 e. The first-order valence-corrected chi connectivity index (χ1v) is 18.5. The predicted molar refractivity (Wildman–Crippen MR) is 192 cm³/mol. The van der Waals surface area contributed by atoms with Crippen LogP contribution in [-0.2, 0) is 37.2 Å². The second kappa shape index (κ2) is 15.1. The minimum atomic E-state index is -4.74. The van der Waals surface area contributed by atoms with E-state index in [1.54, 1.807) is 38.4 Å². The number of aryl methyl sites for hydroxylation is 2. The monoisotopic (exact) mass is 802 g/mol. The molecule has 0 radical (unpaired) electrons. The molecular formula is C34H29F2N12O8P. The third-order valence-electron chi connectivity index (χ3n) is 8.75. The summed E-state index contributed by atoms with van der Waals surface area (Å²) in [5, 5.41) is 23.5. The first-order chi connectivity index (χ1) is 27.4. The van der Waals surface area contributed by atoms with Crippen LogP contribution in [0, 0.1) is 11.6 Å². The van der Waals surface area contributed by atoms with Crippen molar-refractivity contribution in [1.29, 1.82) is 0 Å². The summed E-state index contributed by atoms with van der Waals surface area (Å²) >= 11 is 0. The number of phosphoric acid groups is 1. The number of cyclic esters (lactones) is 2. The lowest BCUT2D eigenvalue weighted by molar-refractivity contribution is 0.0572. The molecule has 57 heavy (non-hydrogen) atoms. The molecule has 3 atom stereocenters. The largest absolute Gasteiger partial charge is 0.472 e. The van der Waals surface area contributed by atoms with Gasteiger partial charge in [-0.05, 0) is 59.0 Å². The Morgan fingerprint density at radius 3 is 1.51 bits per heavy atom. The molecule has 4 aromatic heterocycles. The van der Waals surface area contributed by atoms with Crippen molar-refractivity contribution in [3.8, 4) is 45.3 Å². The summed E-state index contributed by atoms with van der Waals surface area (Å²) in [4.78, 5) is 49.1. The van der Waals surface area contributed by atoms with Crippen molar-refractivity contribution >= 4 is 31.4 Å². The number of rotatable bonds is 12. The van der Waals surface area contributed by atoms with E-state index in [4.69, 9.17) is 18.5 Å². The van der Waals surface area contributed by atoms with Gasteiger partial charge in [0.25, 0.3) is 0 Å². The van der Waals surface area contributed by atoms with Crippen LogP contribution in [-0.4, -0.2) is 106 Å². The number of amides is 2. The average molecular weight is 803 g/mol. The van der Waals surface area contributed by atoms with Crippen LogP contribution in [0.15, 0.2) is 73.1 Å². The van der Waals surface area contributed by atoms with Crippen molar-refractivity contribution in [3.05, 3.63) is 84.7 Å². The Hall–Kier alpha value is -6.61. The van der Waals surface area contributed by atoms with E-state index in [-0.39, 0.29) is 35.6 Å². The lowest BCUT2D eigenvalue weighted by atomic mass is 10.1. The van der Waals surface area contributed by atoms with E-state index in [0.29, 0.717) is 34.2 Å². The minimum Gasteiger partial charge on any atom is -0.441 e. The van der Waals surface area contributed by atoms with E-state index in [1.165, 1.54) is 46.3 Å². The lowest BCUT2D eigenvalue weighted by Gasteiger charge is -2.17. The fraction of sp³-hybridized carbons (Fsp3) is 0.235. The molecule has 2 aliphatic heterocycles. The molecule has 20 nitrogen and oxygen atoms in total. The van der Waals surface area contributed by atoms with Crippen LogP contribution in [0.4, 0.5) is 29.7 Å². The Morgan fingerprint density at radius 2 is 1.16 bits per heavy atom. The molecule has 0 aliphatic carbocycles. The van der Waals surface area contributed by atoms with Crippen molar-refractivity contribution < 1.29 is 46.3 Å². The zero-order valence-corrected chi connectivity index (χ0v) is 30.7. The maximum Gasteiger partial charge on any atom is 0.472 e. The van der Waals surface area contributed by atoms with Gasteiger partial charge in [0, 0.05) is 34.6 Å². The number of anilines is 2. The summed E-state index contributed by atoms with van der Waals surface area (Å²) in [6.07, 6.45) is -0.719. The fourth-order valence-corrected chi connectivity index (χ4v) is 6.77. The van der Waals surface area contributed by atoms with Crippen molar-refractivity contribution in [3.63, 3.8) is 0 Å². The van der Waals surface area contributed by atoms with Crippen LogP contribution in [0.2, 0.25) is 0 Å². The maximum atomic E-state index is 15.2. The molecule has 6 aromatic rings. The second-order valence-corrected chi connectivity index (χ2v) is 14.1. The van der Waals surface area contributed by atoms with Gasteiger partial charge < -0.3 is 14.4 Å². The van der Waals surface area contributed by atoms with Gasteiger partial charge in [-0.3, -0.25) is 28.8 Å². The number of phosphoric ester groups is 1. The van der Waals surface area contributed by atoms with Gasteiger partial charge >= 0.3 is 20.0 Å². The number of carbonyl (C=O) groups excluding carboxylic acids is 2. The summed E-state index contributed by atoms with van der Waals surface area (Å²) in [6.45, 7) is -1.31. The third-order valence-corrected chi connectivity index (χ3v) is 9.70. The average Bonchev–Trinajstić information content (AvgIpc) is 4.01. The number of ether oxygens (including phenoxy) is 2. The summed E-state index contributed by atoms with van der Waals surface area (Å²) < 4.78 is 63.8. The second-order valence-electron chi connectivity index (χ2n) is 12.7. The Labute approximate surface area is 320 Å².